The van der Waals surface area contributed by atoms with Crippen molar-refractivity contribution in [2.24, 2.45) is 11.8 Å². The highest BCUT2D eigenvalue weighted by Gasteiger charge is 2.45. The van der Waals surface area contributed by atoms with Gasteiger partial charge in [0.2, 0.25) is 0 Å². The van der Waals surface area contributed by atoms with Crippen molar-refractivity contribution in [1.29, 1.82) is 0 Å². The first kappa shape index (κ1) is 16.1. The number of piperidine rings is 2. The van der Waals surface area contributed by atoms with Crippen molar-refractivity contribution in [3.8, 4) is 0 Å². The van der Waals surface area contributed by atoms with Gasteiger partial charge in [-0.25, -0.2) is 4.79 Å². The smallest absolute Gasteiger partial charge is 0.410 e. The fourth-order valence-electron chi connectivity index (χ4n) is 4.02. The van der Waals surface area contributed by atoms with E-state index in [0.717, 1.165) is 39.0 Å². The molecule has 5 nitrogen and oxygen atoms in total. The number of nitrogens with one attached hydrogen (secondary N) is 1. The van der Waals surface area contributed by atoms with Crippen molar-refractivity contribution in [3.05, 3.63) is 0 Å². The van der Waals surface area contributed by atoms with Crippen LogP contribution in [-0.2, 0) is 9.47 Å². The second-order valence-corrected chi connectivity index (χ2v) is 8.03. The maximum absolute atomic E-state index is 12.3. The molecule has 1 saturated carbocycles. The summed E-state index contributed by atoms with van der Waals surface area (Å²) in [5, 5.41) is 3.38. The van der Waals surface area contributed by atoms with Crippen LogP contribution in [0.25, 0.3) is 0 Å². The zero-order chi connectivity index (χ0) is 15.7. The third-order valence-corrected chi connectivity index (χ3v) is 5.03. The molecule has 1 amide bonds. The van der Waals surface area contributed by atoms with Gasteiger partial charge in [-0.3, -0.25) is 0 Å². The van der Waals surface area contributed by atoms with Crippen LogP contribution in [0.2, 0.25) is 0 Å². The van der Waals surface area contributed by atoms with Gasteiger partial charge in [0.25, 0.3) is 0 Å². The van der Waals surface area contributed by atoms with Crippen LogP contribution in [0.1, 0.15) is 46.5 Å². The quantitative estimate of drug-likeness (QED) is 0.851. The van der Waals surface area contributed by atoms with Gasteiger partial charge in [-0.1, -0.05) is 0 Å². The monoisotopic (exact) mass is 310 g/mol. The summed E-state index contributed by atoms with van der Waals surface area (Å²) in [4.78, 5) is 14.2. The average Bonchev–Trinajstić information content (AvgIpc) is 2.69. The van der Waals surface area contributed by atoms with Gasteiger partial charge in [0, 0.05) is 24.9 Å². The second kappa shape index (κ2) is 6.36. The highest BCUT2D eigenvalue weighted by atomic mass is 16.6. The van der Waals surface area contributed by atoms with Crippen molar-refractivity contribution < 1.29 is 14.3 Å². The molecule has 126 valence electrons. The maximum atomic E-state index is 12.3. The molecule has 2 bridgehead atoms. The molecule has 3 rings (SSSR count). The molecule has 1 aliphatic carbocycles. The summed E-state index contributed by atoms with van der Waals surface area (Å²) < 4.78 is 12.0. The molecule has 1 N–H and O–H groups in total. The summed E-state index contributed by atoms with van der Waals surface area (Å²) in [5.74, 6) is 0.974. The molecule has 0 aromatic heterocycles. The standard InChI is InChI=1S/C17H30N2O3/c1-17(2,3)22-16(20)19-10-12-4-5-13(11-19)15(12)21-14-6-8-18-9-7-14/h12-15,18H,4-11H2,1-3H3/t12-,13+,15?. The minimum Gasteiger partial charge on any atom is -0.444 e. The first-order valence-corrected chi connectivity index (χ1v) is 8.76. The number of fused-ring (bicyclic) bond motifs is 2. The van der Waals surface area contributed by atoms with E-state index in [0.29, 0.717) is 24.0 Å². The average molecular weight is 310 g/mol. The summed E-state index contributed by atoms with van der Waals surface area (Å²) in [7, 11) is 0. The molecule has 0 spiro atoms. The lowest BCUT2D eigenvalue weighted by atomic mass is 9.94. The topological polar surface area (TPSA) is 50.8 Å². The Balaban J connectivity index is 1.55. The predicted molar refractivity (Wildman–Crippen MR) is 84.8 cm³/mol. The number of amides is 1. The lowest BCUT2D eigenvalue weighted by Gasteiger charge is -2.40. The molecule has 0 aromatic carbocycles. The maximum Gasteiger partial charge on any atom is 0.410 e. The number of hydrogen-bond donors (Lipinski definition) is 1. The van der Waals surface area contributed by atoms with Crippen molar-refractivity contribution >= 4 is 6.09 Å². The highest BCUT2D eigenvalue weighted by Crippen LogP contribution is 2.40. The molecule has 0 radical (unpaired) electrons. The Morgan fingerprint density at radius 3 is 2.18 bits per heavy atom. The normalized spacial score (nSPS) is 33.0. The molecule has 1 unspecified atom stereocenters. The first-order chi connectivity index (χ1) is 10.4. The second-order valence-electron chi connectivity index (χ2n) is 8.03. The SMILES string of the molecule is CC(C)(C)OC(=O)N1C[C@H]2CC[C@@H](C1)C2OC1CCNCC1. The van der Waals surface area contributed by atoms with E-state index in [1.165, 1.54) is 12.8 Å². The van der Waals surface area contributed by atoms with Gasteiger partial charge >= 0.3 is 6.09 Å². The fourth-order valence-corrected chi connectivity index (χ4v) is 4.02. The van der Waals surface area contributed by atoms with E-state index in [1.54, 1.807) is 0 Å². The number of nitrogens with zero attached hydrogens (tertiary/aromatic N) is 1. The van der Waals surface area contributed by atoms with Crippen LogP contribution in [0.4, 0.5) is 4.79 Å². The van der Waals surface area contributed by atoms with E-state index in [1.807, 2.05) is 25.7 Å². The molecule has 3 aliphatic rings. The van der Waals surface area contributed by atoms with Crippen LogP contribution in [0.5, 0.6) is 0 Å². The zero-order valence-electron chi connectivity index (χ0n) is 14.1. The molecule has 2 saturated heterocycles. The van der Waals surface area contributed by atoms with Crippen molar-refractivity contribution in [2.75, 3.05) is 26.2 Å². The predicted octanol–water partition coefficient (Wildman–Crippen LogP) is 2.40. The van der Waals surface area contributed by atoms with Gasteiger partial charge in [-0.2, -0.15) is 0 Å². The van der Waals surface area contributed by atoms with Crippen LogP contribution < -0.4 is 5.32 Å². The third-order valence-electron chi connectivity index (χ3n) is 5.03. The fraction of sp³-hybridized carbons (Fsp3) is 0.941. The number of likely N-dealkylation sites (tertiary alicyclic amines) is 1. The minimum atomic E-state index is -0.418. The van der Waals surface area contributed by atoms with Crippen molar-refractivity contribution in [3.63, 3.8) is 0 Å². The third kappa shape index (κ3) is 3.74. The summed E-state index contributed by atoms with van der Waals surface area (Å²) in [5.41, 5.74) is -0.418. The molecule has 2 aliphatic heterocycles. The van der Waals surface area contributed by atoms with Crippen molar-refractivity contribution in [1.82, 2.24) is 10.2 Å². The highest BCUT2D eigenvalue weighted by molar-refractivity contribution is 5.68. The molecule has 22 heavy (non-hydrogen) atoms. The van der Waals surface area contributed by atoms with E-state index in [2.05, 4.69) is 5.32 Å². The van der Waals surface area contributed by atoms with E-state index in [-0.39, 0.29) is 6.09 Å². The van der Waals surface area contributed by atoms with E-state index in [9.17, 15) is 4.79 Å². The molecular formula is C17H30N2O3. The van der Waals surface area contributed by atoms with Crippen LogP contribution in [0.15, 0.2) is 0 Å². The van der Waals surface area contributed by atoms with E-state index in [4.69, 9.17) is 9.47 Å². The Bertz CT molecular complexity index is 387. The Morgan fingerprint density at radius 1 is 1.05 bits per heavy atom. The number of carbonyl (C=O) groups excluding carboxylic acids is 1. The molecule has 3 atom stereocenters. The Labute approximate surface area is 133 Å². The van der Waals surface area contributed by atoms with Gasteiger partial charge in [0.05, 0.1) is 12.2 Å². The lowest BCUT2D eigenvalue weighted by Crippen LogP contribution is -2.51. The van der Waals surface area contributed by atoms with Gasteiger partial charge in [0.1, 0.15) is 5.60 Å². The zero-order valence-corrected chi connectivity index (χ0v) is 14.1. The summed E-state index contributed by atoms with van der Waals surface area (Å²) >= 11 is 0. The minimum absolute atomic E-state index is 0.162. The van der Waals surface area contributed by atoms with E-state index < -0.39 is 5.60 Å². The Morgan fingerprint density at radius 2 is 1.64 bits per heavy atom. The molecule has 3 fully saturated rings. The van der Waals surface area contributed by atoms with Gasteiger partial charge in [0.15, 0.2) is 0 Å². The number of ether oxygens (including phenoxy) is 2. The molecule has 2 heterocycles. The molecule has 5 heteroatoms. The van der Waals surface area contributed by atoms with Crippen molar-refractivity contribution in [2.45, 2.75) is 64.3 Å². The van der Waals surface area contributed by atoms with Crippen LogP contribution in [-0.4, -0.2) is 55.0 Å². The first-order valence-electron chi connectivity index (χ1n) is 8.76. The van der Waals surface area contributed by atoms with Gasteiger partial charge in [-0.05, 0) is 59.5 Å². The largest absolute Gasteiger partial charge is 0.444 e. The molecule has 0 aromatic rings. The molecular weight excluding hydrogens is 280 g/mol. The van der Waals surface area contributed by atoms with Gasteiger partial charge < -0.3 is 19.7 Å². The number of hydrogen-bond acceptors (Lipinski definition) is 4. The Kier molecular flexibility index (Phi) is 4.64. The summed E-state index contributed by atoms with van der Waals surface area (Å²) in [6.07, 6.45) is 5.19. The summed E-state index contributed by atoms with van der Waals surface area (Å²) in [6, 6.07) is 0. The van der Waals surface area contributed by atoms with Crippen LogP contribution >= 0.6 is 0 Å². The lowest BCUT2D eigenvalue weighted by molar-refractivity contribution is -0.0905. The van der Waals surface area contributed by atoms with Crippen LogP contribution in [0, 0.1) is 11.8 Å². The van der Waals surface area contributed by atoms with E-state index >= 15 is 0 Å². The van der Waals surface area contributed by atoms with Gasteiger partial charge in [-0.15, -0.1) is 0 Å². The van der Waals surface area contributed by atoms with Crippen LogP contribution in [0.3, 0.4) is 0 Å². The number of carbonyl (C=O) groups is 1. The number of rotatable bonds is 2. The Hall–Kier alpha value is -0.810. The summed E-state index contributed by atoms with van der Waals surface area (Å²) in [6.45, 7) is 9.49.